The first-order valence-electron chi connectivity index (χ1n) is 9.14. The summed E-state index contributed by atoms with van der Waals surface area (Å²) in [4.78, 5) is 14.2. The van der Waals surface area contributed by atoms with Gasteiger partial charge in [-0.25, -0.2) is 0 Å². The number of anilines is 1. The van der Waals surface area contributed by atoms with Crippen LogP contribution in [-0.2, 0) is 17.9 Å². The third-order valence-corrected chi connectivity index (χ3v) is 5.31. The Labute approximate surface area is 169 Å². The molecule has 0 saturated carbocycles. The number of aliphatic hydroxyl groups is 1. The molecule has 0 aliphatic carbocycles. The second-order valence-corrected chi connectivity index (χ2v) is 7.31. The highest BCUT2D eigenvalue weighted by Crippen LogP contribution is 2.33. The maximum atomic E-state index is 12.4. The van der Waals surface area contributed by atoms with E-state index in [0.717, 1.165) is 39.1 Å². The SMILES string of the molecule is CC(=O)N1Cc2cc(-c3ccccc3CO)ccc2/C=C\c2cc(Cl)ccc21. The molecule has 0 unspecified atom stereocenters. The van der Waals surface area contributed by atoms with E-state index in [1.54, 1.807) is 17.9 Å². The van der Waals surface area contributed by atoms with Crippen LogP contribution in [0.15, 0.2) is 60.7 Å². The molecule has 28 heavy (non-hydrogen) atoms. The van der Waals surface area contributed by atoms with E-state index < -0.39 is 0 Å². The van der Waals surface area contributed by atoms with E-state index in [4.69, 9.17) is 11.6 Å². The van der Waals surface area contributed by atoms with Crippen LogP contribution in [0.2, 0.25) is 5.02 Å². The van der Waals surface area contributed by atoms with Gasteiger partial charge >= 0.3 is 0 Å². The Hall–Kier alpha value is -2.88. The van der Waals surface area contributed by atoms with Gasteiger partial charge in [0.15, 0.2) is 0 Å². The van der Waals surface area contributed by atoms with Gasteiger partial charge in [0.1, 0.15) is 0 Å². The van der Waals surface area contributed by atoms with Gasteiger partial charge in [-0.2, -0.15) is 0 Å². The number of nitrogens with zero attached hydrogens (tertiary/aromatic N) is 1. The first-order chi connectivity index (χ1) is 13.6. The van der Waals surface area contributed by atoms with Gasteiger partial charge in [-0.1, -0.05) is 60.2 Å². The normalized spacial score (nSPS) is 13.9. The monoisotopic (exact) mass is 389 g/mol. The molecule has 0 atom stereocenters. The maximum Gasteiger partial charge on any atom is 0.224 e. The third-order valence-electron chi connectivity index (χ3n) is 5.07. The lowest BCUT2D eigenvalue weighted by molar-refractivity contribution is -0.116. The number of amides is 1. The average molecular weight is 390 g/mol. The zero-order chi connectivity index (χ0) is 19.7. The van der Waals surface area contributed by atoms with Crippen molar-refractivity contribution in [3.63, 3.8) is 0 Å². The fourth-order valence-electron chi connectivity index (χ4n) is 3.63. The van der Waals surface area contributed by atoms with Crippen molar-refractivity contribution < 1.29 is 9.90 Å². The Morgan fingerprint density at radius 1 is 1.04 bits per heavy atom. The summed E-state index contributed by atoms with van der Waals surface area (Å²) in [6.07, 6.45) is 4.06. The molecule has 1 amide bonds. The molecule has 4 heteroatoms. The molecule has 0 spiro atoms. The van der Waals surface area contributed by atoms with Gasteiger partial charge in [-0.05, 0) is 57.6 Å². The van der Waals surface area contributed by atoms with E-state index in [-0.39, 0.29) is 12.5 Å². The fraction of sp³-hybridized carbons (Fsp3) is 0.125. The lowest BCUT2D eigenvalue weighted by Crippen LogP contribution is -2.29. The molecule has 0 bridgehead atoms. The van der Waals surface area contributed by atoms with E-state index >= 15 is 0 Å². The molecule has 1 aliphatic rings. The summed E-state index contributed by atoms with van der Waals surface area (Å²) < 4.78 is 0. The molecule has 0 saturated heterocycles. The van der Waals surface area contributed by atoms with Crippen molar-refractivity contribution in [1.29, 1.82) is 0 Å². The van der Waals surface area contributed by atoms with Crippen LogP contribution in [-0.4, -0.2) is 11.0 Å². The smallest absolute Gasteiger partial charge is 0.224 e. The van der Waals surface area contributed by atoms with Crippen molar-refractivity contribution in [1.82, 2.24) is 0 Å². The summed E-state index contributed by atoms with van der Waals surface area (Å²) in [5.74, 6) is -0.0222. The van der Waals surface area contributed by atoms with E-state index in [1.165, 1.54) is 0 Å². The largest absolute Gasteiger partial charge is 0.392 e. The Balaban J connectivity index is 1.85. The van der Waals surface area contributed by atoms with Crippen LogP contribution in [0.3, 0.4) is 0 Å². The molecule has 0 aromatic heterocycles. The Morgan fingerprint density at radius 2 is 1.82 bits per heavy atom. The maximum absolute atomic E-state index is 12.4. The van der Waals surface area contributed by atoms with Gasteiger partial charge in [-0.3, -0.25) is 4.79 Å². The minimum Gasteiger partial charge on any atom is -0.392 e. The van der Waals surface area contributed by atoms with Gasteiger partial charge in [0.2, 0.25) is 5.91 Å². The Morgan fingerprint density at radius 3 is 2.61 bits per heavy atom. The molecule has 3 aromatic carbocycles. The molecule has 140 valence electrons. The number of rotatable bonds is 2. The van der Waals surface area contributed by atoms with E-state index in [0.29, 0.717) is 11.6 Å². The van der Waals surface area contributed by atoms with Crippen LogP contribution >= 0.6 is 11.6 Å². The highest BCUT2D eigenvalue weighted by molar-refractivity contribution is 6.30. The second-order valence-electron chi connectivity index (χ2n) is 6.87. The van der Waals surface area contributed by atoms with Crippen LogP contribution in [0.25, 0.3) is 23.3 Å². The molecular formula is C24H20ClNO2. The molecule has 4 rings (SSSR count). The Kier molecular flexibility index (Phi) is 5.03. The molecular weight excluding hydrogens is 370 g/mol. The van der Waals surface area contributed by atoms with Crippen LogP contribution in [0.5, 0.6) is 0 Å². The lowest BCUT2D eigenvalue weighted by Gasteiger charge is -2.26. The molecule has 3 aromatic rings. The van der Waals surface area contributed by atoms with Crippen LogP contribution in [0.4, 0.5) is 5.69 Å². The number of benzene rings is 3. The van der Waals surface area contributed by atoms with Gasteiger partial charge in [-0.15, -0.1) is 0 Å². The minimum absolute atomic E-state index is 0.0130. The predicted octanol–water partition coefficient (Wildman–Crippen LogP) is 5.54. The van der Waals surface area contributed by atoms with Crippen LogP contribution in [0, 0.1) is 0 Å². The van der Waals surface area contributed by atoms with Crippen molar-refractivity contribution in [3.05, 3.63) is 87.9 Å². The van der Waals surface area contributed by atoms with Crippen LogP contribution < -0.4 is 4.90 Å². The third kappa shape index (κ3) is 3.47. The minimum atomic E-state index is -0.0222. The van der Waals surface area contributed by atoms with Gasteiger partial charge in [0, 0.05) is 11.9 Å². The van der Waals surface area contributed by atoms with Gasteiger partial charge in [0.05, 0.1) is 18.8 Å². The van der Waals surface area contributed by atoms with Gasteiger partial charge in [0.25, 0.3) is 0 Å². The fourth-order valence-corrected chi connectivity index (χ4v) is 3.81. The summed E-state index contributed by atoms with van der Waals surface area (Å²) in [7, 11) is 0. The number of aliphatic hydroxyl groups excluding tert-OH is 1. The standard InChI is InChI=1S/C24H20ClNO2/c1-16(28)26-14-21-12-18(23-5-3-2-4-20(23)15-27)8-6-17(21)7-9-19-13-22(25)10-11-24(19)26/h2-13,27H,14-15H2,1H3/b9-7-. The van der Waals surface area contributed by atoms with E-state index in [1.807, 2.05) is 42.5 Å². The summed E-state index contributed by atoms with van der Waals surface area (Å²) >= 11 is 6.16. The molecule has 1 heterocycles. The highest BCUT2D eigenvalue weighted by atomic mass is 35.5. The summed E-state index contributed by atoms with van der Waals surface area (Å²) in [6.45, 7) is 2.04. The van der Waals surface area contributed by atoms with Crippen molar-refractivity contribution in [2.24, 2.45) is 0 Å². The number of fused-ring (bicyclic) bond motifs is 2. The van der Waals surface area contributed by atoms with Gasteiger partial charge < -0.3 is 10.0 Å². The number of hydrogen-bond donors (Lipinski definition) is 1. The molecule has 0 radical (unpaired) electrons. The zero-order valence-electron chi connectivity index (χ0n) is 15.5. The van der Waals surface area contributed by atoms with Crippen LogP contribution in [0.1, 0.15) is 29.2 Å². The molecule has 3 nitrogen and oxygen atoms in total. The second kappa shape index (κ2) is 7.63. The Bertz CT molecular complexity index is 1090. The van der Waals surface area contributed by atoms with Crippen molar-refractivity contribution >= 4 is 35.3 Å². The highest BCUT2D eigenvalue weighted by Gasteiger charge is 2.19. The van der Waals surface area contributed by atoms with E-state index in [9.17, 15) is 9.90 Å². The topological polar surface area (TPSA) is 40.5 Å². The molecule has 0 fully saturated rings. The van der Waals surface area contributed by atoms with Crippen molar-refractivity contribution in [2.75, 3.05) is 4.90 Å². The van der Waals surface area contributed by atoms with E-state index in [2.05, 4.69) is 24.3 Å². The summed E-state index contributed by atoms with van der Waals surface area (Å²) in [5.41, 5.74) is 6.78. The number of carbonyl (C=O) groups excluding carboxylic acids is 1. The molecule has 1 aliphatic heterocycles. The number of halogens is 1. The summed E-state index contributed by atoms with van der Waals surface area (Å²) in [6, 6.07) is 19.6. The average Bonchev–Trinajstić information content (AvgIpc) is 2.69. The van der Waals surface area contributed by atoms with Crippen molar-refractivity contribution in [3.8, 4) is 11.1 Å². The number of carbonyl (C=O) groups is 1. The molecule has 1 N–H and O–H groups in total. The van der Waals surface area contributed by atoms with Crippen molar-refractivity contribution in [2.45, 2.75) is 20.1 Å². The zero-order valence-corrected chi connectivity index (χ0v) is 16.3. The lowest BCUT2D eigenvalue weighted by atomic mass is 9.94. The first-order valence-corrected chi connectivity index (χ1v) is 9.52. The number of hydrogen-bond acceptors (Lipinski definition) is 2. The summed E-state index contributed by atoms with van der Waals surface area (Å²) in [5, 5.41) is 10.3. The quantitative estimate of drug-likeness (QED) is 0.625. The first kappa shape index (κ1) is 18.5. The predicted molar refractivity (Wildman–Crippen MR) is 115 cm³/mol.